The molecule has 4 heteroatoms. The second kappa shape index (κ2) is 8.49. The Morgan fingerprint density at radius 3 is 2.56 bits per heavy atom. The molecule has 1 fully saturated rings. The van der Waals surface area contributed by atoms with E-state index in [9.17, 15) is 4.21 Å². The molecule has 5 rings (SSSR count). The molecule has 32 heavy (non-hydrogen) atoms. The lowest BCUT2D eigenvalue weighted by atomic mass is 9.87. The Labute approximate surface area is 193 Å². The Balaban J connectivity index is 1.52. The number of hydrogen-bond acceptors (Lipinski definition) is 1. The van der Waals surface area contributed by atoms with E-state index in [4.69, 9.17) is 0 Å². The number of hydrogen-bond donors (Lipinski definition) is 1. The molecule has 3 nitrogen and oxygen atoms in total. The van der Waals surface area contributed by atoms with Crippen LogP contribution in [0.25, 0.3) is 32.8 Å². The van der Waals surface area contributed by atoms with Crippen LogP contribution in [0, 0.1) is 5.41 Å². The molecule has 166 valence electrons. The Bertz CT molecular complexity index is 1290. The van der Waals surface area contributed by atoms with Crippen molar-refractivity contribution in [3.05, 3.63) is 72.4 Å². The zero-order valence-electron chi connectivity index (χ0n) is 19.2. The summed E-state index contributed by atoms with van der Waals surface area (Å²) in [7, 11) is -0.882. The summed E-state index contributed by atoms with van der Waals surface area (Å²) in [5.74, 6) is 0. The second-order valence-electron chi connectivity index (χ2n) is 10.2. The predicted octanol–water partition coefficient (Wildman–Crippen LogP) is 6.47. The van der Waals surface area contributed by atoms with Gasteiger partial charge in [-0.3, -0.25) is 0 Å². The van der Waals surface area contributed by atoms with Crippen molar-refractivity contribution in [2.24, 2.45) is 5.41 Å². The maximum atomic E-state index is 12.2. The van der Waals surface area contributed by atoms with Gasteiger partial charge < -0.3 is 4.57 Å². The first-order valence-electron chi connectivity index (χ1n) is 11.6. The highest BCUT2D eigenvalue weighted by Gasteiger charge is 2.28. The first kappa shape index (κ1) is 21.4. The normalized spacial score (nSPS) is 15.5. The molecule has 1 saturated carbocycles. The summed E-state index contributed by atoms with van der Waals surface area (Å²) in [6.07, 6.45) is 5.53. The topological polar surface area (TPSA) is 34.0 Å². The van der Waals surface area contributed by atoms with E-state index in [1.807, 2.05) is 0 Å². The smallest absolute Gasteiger partial charge is 0.0947 e. The van der Waals surface area contributed by atoms with Crippen LogP contribution in [0.15, 0.2) is 66.9 Å². The lowest BCUT2D eigenvalue weighted by molar-refractivity contribution is 0.412. The standard InChI is InChI=1S/C28H32N2OS/c1-28(2,3)18-22-19-30(16-15-29-32(31)23-12-13-23)27-14-11-21(17-26(22)27)25-10-6-8-20-7-4-5-9-24(20)25/h4-11,14,17,19,23,29H,12-13,15-16,18H2,1-3H3. The summed E-state index contributed by atoms with van der Waals surface area (Å²) in [5.41, 5.74) is 5.39. The minimum atomic E-state index is -0.882. The predicted molar refractivity (Wildman–Crippen MR) is 137 cm³/mol. The van der Waals surface area contributed by atoms with Crippen LogP contribution in [0.3, 0.4) is 0 Å². The van der Waals surface area contributed by atoms with Gasteiger partial charge in [0.1, 0.15) is 0 Å². The lowest BCUT2D eigenvalue weighted by Crippen LogP contribution is -2.24. The minimum absolute atomic E-state index is 0.209. The number of nitrogens with zero attached hydrogens (tertiary/aromatic N) is 1. The average Bonchev–Trinajstić information content (AvgIpc) is 3.57. The molecule has 1 atom stereocenters. The molecule has 1 unspecified atom stereocenters. The van der Waals surface area contributed by atoms with Crippen LogP contribution in [0.4, 0.5) is 0 Å². The van der Waals surface area contributed by atoms with Gasteiger partial charge in [0.15, 0.2) is 0 Å². The third-order valence-electron chi connectivity index (χ3n) is 6.21. The highest BCUT2D eigenvalue weighted by Crippen LogP contribution is 2.34. The van der Waals surface area contributed by atoms with Crippen molar-refractivity contribution < 1.29 is 4.21 Å². The summed E-state index contributed by atoms with van der Waals surface area (Å²) in [6, 6.07) is 22.0. The molecule has 1 heterocycles. The molecule has 0 spiro atoms. The number of fused-ring (bicyclic) bond motifs is 2. The van der Waals surface area contributed by atoms with E-state index in [0.717, 1.165) is 32.4 Å². The molecule has 1 aromatic heterocycles. The van der Waals surface area contributed by atoms with Gasteiger partial charge in [-0.05, 0) is 64.3 Å². The third kappa shape index (κ3) is 4.53. The van der Waals surface area contributed by atoms with Crippen molar-refractivity contribution in [2.45, 2.75) is 51.8 Å². The third-order valence-corrected chi connectivity index (χ3v) is 7.77. The zero-order chi connectivity index (χ0) is 22.3. The number of aromatic nitrogens is 1. The molecule has 0 saturated heterocycles. The first-order chi connectivity index (χ1) is 15.4. The van der Waals surface area contributed by atoms with Gasteiger partial charge in [-0.2, -0.15) is 0 Å². The van der Waals surface area contributed by atoms with Crippen molar-refractivity contribution in [3.8, 4) is 11.1 Å². The van der Waals surface area contributed by atoms with E-state index in [1.165, 1.54) is 38.4 Å². The van der Waals surface area contributed by atoms with E-state index in [-0.39, 0.29) is 5.41 Å². The van der Waals surface area contributed by atoms with Gasteiger partial charge in [0, 0.05) is 35.4 Å². The van der Waals surface area contributed by atoms with Gasteiger partial charge in [0.05, 0.1) is 11.0 Å². The maximum Gasteiger partial charge on any atom is 0.0947 e. The summed E-state index contributed by atoms with van der Waals surface area (Å²) >= 11 is 0. The molecule has 0 aliphatic heterocycles. The lowest BCUT2D eigenvalue weighted by Gasteiger charge is -2.17. The van der Waals surface area contributed by atoms with E-state index < -0.39 is 11.0 Å². The van der Waals surface area contributed by atoms with Crippen molar-refractivity contribution in [2.75, 3.05) is 6.54 Å². The monoisotopic (exact) mass is 444 g/mol. The highest BCUT2D eigenvalue weighted by molar-refractivity contribution is 7.84. The summed E-state index contributed by atoms with van der Waals surface area (Å²) in [6.45, 7) is 8.45. The number of rotatable bonds is 7. The maximum absolute atomic E-state index is 12.2. The van der Waals surface area contributed by atoms with Crippen molar-refractivity contribution >= 4 is 32.7 Å². The summed E-state index contributed by atoms with van der Waals surface area (Å²) in [5, 5.41) is 4.26. The SMILES string of the molecule is CC(C)(C)Cc1cn(CCNS(=O)C2CC2)c2ccc(-c3cccc4ccccc34)cc12. The quantitative estimate of drug-likeness (QED) is 0.348. The number of nitrogens with one attached hydrogen (secondary N) is 1. The molecule has 3 aromatic carbocycles. The van der Waals surface area contributed by atoms with Gasteiger partial charge in [-0.15, -0.1) is 0 Å². The van der Waals surface area contributed by atoms with Crippen molar-refractivity contribution in [3.63, 3.8) is 0 Å². The van der Waals surface area contributed by atoms with Crippen LogP contribution in [0.2, 0.25) is 0 Å². The van der Waals surface area contributed by atoms with Gasteiger partial charge >= 0.3 is 0 Å². The molecule has 1 aliphatic carbocycles. The van der Waals surface area contributed by atoms with Crippen LogP contribution < -0.4 is 4.72 Å². The first-order valence-corrected chi connectivity index (χ1v) is 12.8. The fraction of sp³-hybridized carbons (Fsp3) is 0.357. The van der Waals surface area contributed by atoms with Gasteiger partial charge in [-0.1, -0.05) is 69.3 Å². The van der Waals surface area contributed by atoms with E-state index in [1.54, 1.807) is 0 Å². The Morgan fingerprint density at radius 1 is 1.00 bits per heavy atom. The average molecular weight is 445 g/mol. The van der Waals surface area contributed by atoms with E-state index in [0.29, 0.717) is 5.25 Å². The van der Waals surface area contributed by atoms with E-state index in [2.05, 4.69) is 96.9 Å². The van der Waals surface area contributed by atoms with Gasteiger partial charge in [-0.25, -0.2) is 8.93 Å². The van der Waals surface area contributed by atoms with Crippen molar-refractivity contribution in [1.29, 1.82) is 0 Å². The second-order valence-corrected chi connectivity index (χ2v) is 11.8. The van der Waals surface area contributed by atoms with Crippen LogP contribution in [0.1, 0.15) is 39.2 Å². The van der Waals surface area contributed by atoms with Gasteiger partial charge in [0.25, 0.3) is 0 Å². The van der Waals surface area contributed by atoms with Crippen molar-refractivity contribution in [1.82, 2.24) is 9.29 Å². The fourth-order valence-electron chi connectivity index (χ4n) is 4.58. The molecule has 0 amide bonds. The Hall–Kier alpha value is -2.43. The molecular weight excluding hydrogens is 412 g/mol. The number of benzene rings is 3. The molecule has 4 aromatic rings. The molecule has 0 radical (unpaired) electrons. The van der Waals surface area contributed by atoms with Crippen LogP contribution >= 0.6 is 0 Å². The fourth-order valence-corrected chi connectivity index (χ4v) is 5.67. The summed E-state index contributed by atoms with van der Waals surface area (Å²) in [4.78, 5) is 0. The molecule has 1 N–H and O–H groups in total. The van der Waals surface area contributed by atoms with Crippen LogP contribution in [-0.4, -0.2) is 20.6 Å². The minimum Gasteiger partial charge on any atom is -0.346 e. The van der Waals surface area contributed by atoms with Crippen LogP contribution in [0.5, 0.6) is 0 Å². The largest absolute Gasteiger partial charge is 0.346 e. The zero-order valence-corrected chi connectivity index (χ0v) is 20.0. The Kier molecular flexibility index (Phi) is 5.68. The highest BCUT2D eigenvalue weighted by atomic mass is 32.2. The van der Waals surface area contributed by atoms with Crippen LogP contribution in [-0.2, 0) is 24.0 Å². The Morgan fingerprint density at radius 2 is 1.78 bits per heavy atom. The van der Waals surface area contributed by atoms with E-state index >= 15 is 0 Å². The molecule has 0 bridgehead atoms. The summed E-state index contributed by atoms with van der Waals surface area (Å²) < 4.78 is 17.7. The molecular formula is C28H32N2OS. The molecule has 1 aliphatic rings. The van der Waals surface area contributed by atoms with Gasteiger partial charge in [0.2, 0.25) is 0 Å².